The van der Waals surface area contributed by atoms with Crippen LogP contribution in [0.25, 0.3) is 0 Å². The van der Waals surface area contributed by atoms with Crippen molar-refractivity contribution in [1.82, 2.24) is 0 Å². The topological polar surface area (TPSA) is 26.3 Å². The van der Waals surface area contributed by atoms with Crippen LogP contribution in [0.2, 0.25) is 0 Å². The molecule has 0 aliphatic carbocycles. The van der Waals surface area contributed by atoms with E-state index in [-0.39, 0.29) is 11.9 Å². The Morgan fingerprint density at radius 1 is 1.36 bits per heavy atom. The Morgan fingerprint density at radius 3 is 2.86 bits per heavy atom. The first-order valence-corrected chi connectivity index (χ1v) is 5.01. The number of benzene rings is 1. The molecule has 0 amide bonds. The summed E-state index contributed by atoms with van der Waals surface area (Å²) < 4.78 is 5.06. The molecule has 1 aromatic rings. The van der Waals surface area contributed by atoms with Gasteiger partial charge in [-0.25, -0.2) is 0 Å². The predicted molar refractivity (Wildman–Crippen MR) is 54.1 cm³/mol. The zero-order valence-corrected chi connectivity index (χ0v) is 8.32. The summed E-state index contributed by atoms with van der Waals surface area (Å²) >= 11 is 0. The molecule has 0 radical (unpaired) electrons. The summed E-state index contributed by atoms with van der Waals surface area (Å²) in [6.07, 6.45) is 1.90. The van der Waals surface area contributed by atoms with E-state index >= 15 is 0 Å². The molecule has 1 heterocycles. The largest absolute Gasteiger partial charge is 0.465 e. The molecule has 0 bridgehead atoms. The molecule has 74 valence electrons. The van der Waals surface area contributed by atoms with Crippen LogP contribution in [0.5, 0.6) is 0 Å². The lowest BCUT2D eigenvalue weighted by Crippen LogP contribution is -2.22. The number of hydrogen-bond donors (Lipinski definition) is 0. The third-order valence-corrected chi connectivity index (χ3v) is 2.73. The van der Waals surface area contributed by atoms with Crippen LogP contribution in [0.3, 0.4) is 0 Å². The maximum Gasteiger partial charge on any atom is 0.313 e. The molecule has 1 unspecified atom stereocenters. The van der Waals surface area contributed by atoms with Gasteiger partial charge in [0.2, 0.25) is 0 Å². The second-order valence-corrected chi connectivity index (χ2v) is 3.72. The van der Waals surface area contributed by atoms with Crippen LogP contribution in [-0.4, -0.2) is 12.6 Å². The molecule has 0 N–H and O–H groups in total. The van der Waals surface area contributed by atoms with Gasteiger partial charge in [-0.15, -0.1) is 0 Å². The summed E-state index contributed by atoms with van der Waals surface area (Å²) in [5.41, 5.74) is 2.30. The van der Waals surface area contributed by atoms with Crippen molar-refractivity contribution >= 4 is 5.97 Å². The molecule has 1 saturated heterocycles. The highest BCUT2D eigenvalue weighted by molar-refractivity contribution is 5.79. The SMILES string of the molecule is Cc1ccccc1C1CCCOC1=O. The zero-order chi connectivity index (χ0) is 9.97. The molecule has 14 heavy (non-hydrogen) atoms. The van der Waals surface area contributed by atoms with Crippen molar-refractivity contribution in [2.75, 3.05) is 6.61 Å². The molecule has 0 saturated carbocycles. The third-order valence-electron chi connectivity index (χ3n) is 2.73. The number of esters is 1. The van der Waals surface area contributed by atoms with Gasteiger partial charge >= 0.3 is 5.97 Å². The van der Waals surface area contributed by atoms with Crippen molar-refractivity contribution in [3.05, 3.63) is 35.4 Å². The van der Waals surface area contributed by atoms with E-state index in [1.165, 1.54) is 5.56 Å². The van der Waals surface area contributed by atoms with E-state index in [2.05, 4.69) is 0 Å². The minimum atomic E-state index is -0.0643. The number of carbonyl (C=O) groups excluding carboxylic acids is 1. The summed E-state index contributed by atoms with van der Waals surface area (Å²) in [5, 5.41) is 0. The quantitative estimate of drug-likeness (QED) is 0.636. The van der Waals surface area contributed by atoms with Crippen molar-refractivity contribution in [1.29, 1.82) is 0 Å². The van der Waals surface area contributed by atoms with Gasteiger partial charge in [-0.3, -0.25) is 4.79 Å². The van der Waals surface area contributed by atoms with E-state index in [1.807, 2.05) is 31.2 Å². The lowest BCUT2D eigenvalue weighted by molar-refractivity contribution is -0.149. The van der Waals surface area contributed by atoms with Crippen LogP contribution < -0.4 is 0 Å². The van der Waals surface area contributed by atoms with Gasteiger partial charge in [-0.1, -0.05) is 24.3 Å². The van der Waals surface area contributed by atoms with Crippen LogP contribution in [0.1, 0.15) is 29.9 Å². The van der Waals surface area contributed by atoms with Crippen molar-refractivity contribution in [2.45, 2.75) is 25.7 Å². The number of ether oxygens (including phenoxy) is 1. The van der Waals surface area contributed by atoms with Gasteiger partial charge in [-0.2, -0.15) is 0 Å². The van der Waals surface area contributed by atoms with E-state index in [9.17, 15) is 4.79 Å². The summed E-state index contributed by atoms with van der Waals surface area (Å²) in [7, 11) is 0. The lowest BCUT2D eigenvalue weighted by Gasteiger charge is -2.22. The van der Waals surface area contributed by atoms with E-state index in [0.29, 0.717) is 6.61 Å². The zero-order valence-electron chi connectivity index (χ0n) is 8.32. The molecule has 2 nitrogen and oxygen atoms in total. The maximum absolute atomic E-state index is 11.5. The first-order valence-electron chi connectivity index (χ1n) is 5.01. The van der Waals surface area contributed by atoms with Crippen molar-refractivity contribution in [2.24, 2.45) is 0 Å². The fourth-order valence-corrected chi connectivity index (χ4v) is 1.94. The summed E-state index contributed by atoms with van der Waals surface area (Å²) in [6.45, 7) is 2.62. The van der Waals surface area contributed by atoms with Gasteiger partial charge in [-0.05, 0) is 30.9 Å². The summed E-state index contributed by atoms with van der Waals surface area (Å²) in [6, 6.07) is 8.03. The minimum absolute atomic E-state index is 0.0371. The van der Waals surface area contributed by atoms with Crippen molar-refractivity contribution in [3.63, 3.8) is 0 Å². The van der Waals surface area contributed by atoms with Gasteiger partial charge in [0, 0.05) is 0 Å². The van der Waals surface area contributed by atoms with Crippen molar-refractivity contribution < 1.29 is 9.53 Å². The fraction of sp³-hybridized carbons (Fsp3) is 0.417. The van der Waals surface area contributed by atoms with Crippen LogP contribution >= 0.6 is 0 Å². The maximum atomic E-state index is 11.5. The average Bonchev–Trinajstić information content (AvgIpc) is 2.20. The minimum Gasteiger partial charge on any atom is -0.465 e. The molecule has 1 fully saturated rings. The van der Waals surface area contributed by atoms with Gasteiger partial charge in [0.1, 0.15) is 0 Å². The molecule has 1 aliphatic rings. The monoisotopic (exact) mass is 190 g/mol. The van der Waals surface area contributed by atoms with E-state index < -0.39 is 0 Å². The molecule has 0 spiro atoms. The van der Waals surface area contributed by atoms with Gasteiger partial charge in [0.25, 0.3) is 0 Å². The van der Waals surface area contributed by atoms with Crippen LogP contribution in [0.15, 0.2) is 24.3 Å². The number of aryl methyl sites for hydroxylation is 1. The Labute approximate surface area is 83.9 Å². The van der Waals surface area contributed by atoms with Crippen LogP contribution in [0, 0.1) is 6.92 Å². The Morgan fingerprint density at radius 2 is 2.14 bits per heavy atom. The highest BCUT2D eigenvalue weighted by Crippen LogP contribution is 2.28. The molecule has 0 aromatic heterocycles. The number of rotatable bonds is 1. The van der Waals surface area contributed by atoms with E-state index in [4.69, 9.17) is 4.74 Å². The Kier molecular flexibility index (Phi) is 2.53. The number of cyclic esters (lactones) is 1. The summed E-state index contributed by atoms with van der Waals surface area (Å²) in [4.78, 5) is 11.5. The predicted octanol–water partition coefficient (Wildman–Crippen LogP) is 2.42. The van der Waals surface area contributed by atoms with Gasteiger partial charge < -0.3 is 4.74 Å². The highest BCUT2D eigenvalue weighted by atomic mass is 16.5. The smallest absolute Gasteiger partial charge is 0.313 e. The fourth-order valence-electron chi connectivity index (χ4n) is 1.94. The molecule has 1 aliphatic heterocycles. The first-order chi connectivity index (χ1) is 6.79. The van der Waals surface area contributed by atoms with Crippen molar-refractivity contribution in [3.8, 4) is 0 Å². The first kappa shape index (κ1) is 9.25. The van der Waals surface area contributed by atoms with E-state index in [1.54, 1.807) is 0 Å². The average molecular weight is 190 g/mol. The summed E-state index contributed by atoms with van der Waals surface area (Å²) in [5.74, 6) is -0.101. The molecule has 1 atom stereocenters. The number of carbonyl (C=O) groups is 1. The lowest BCUT2D eigenvalue weighted by atomic mass is 9.90. The molecule has 2 heteroatoms. The van der Waals surface area contributed by atoms with Gasteiger partial charge in [0.15, 0.2) is 0 Å². The van der Waals surface area contributed by atoms with E-state index in [0.717, 1.165) is 18.4 Å². The Bertz CT molecular complexity index is 344. The standard InChI is InChI=1S/C12H14O2/c1-9-5-2-3-6-10(9)11-7-4-8-14-12(11)13/h2-3,5-6,11H,4,7-8H2,1H3. The normalized spacial score (nSPS) is 21.8. The number of hydrogen-bond acceptors (Lipinski definition) is 2. The highest BCUT2D eigenvalue weighted by Gasteiger charge is 2.26. The molecule has 1 aromatic carbocycles. The second kappa shape index (κ2) is 3.82. The van der Waals surface area contributed by atoms with Crippen LogP contribution in [0.4, 0.5) is 0 Å². The Balaban J connectivity index is 2.29. The third kappa shape index (κ3) is 1.65. The molecule has 2 rings (SSSR count). The van der Waals surface area contributed by atoms with Crippen LogP contribution in [-0.2, 0) is 9.53 Å². The Hall–Kier alpha value is -1.31. The molecular weight excluding hydrogens is 176 g/mol. The van der Waals surface area contributed by atoms with Gasteiger partial charge in [0.05, 0.1) is 12.5 Å². The second-order valence-electron chi connectivity index (χ2n) is 3.72. The molecular formula is C12H14O2.